The lowest BCUT2D eigenvalue weighted by Crippen LogP contribution is -2.25. The molecular formula is C19H28O2. The summed E-state index contributed by atoms with van der Waals surface area (Å²) in [6.45, 7) is 17.1. The summed E-state index contributed by atoms with van der Waals surface area (Å²) in [5.41, 5.74) is 2.22. The van der Waals surface area contributed by atoms with E-state index in [4.69, 9.17) is 4.74 Å². The van der Waals surface area contributed by atoms with Crippen LogP contribution in [0.1, 0.15) is 58.1 Å². The maximum absolute atomic E-state index is 10.6. The molecule has 0 saturated carbocycles. The minimum atomic E-state index is -0.356. The Hall–Kier alpha value is -1.83. The van der Waals surface area contributed by atoms with Crippen LogP contribution in [0.2, 0.25) is 0 Å². The summed E-state index contributed by atoms with van der Waals surface area (Å²) in [6.07, 6.45) is 3.86. The van der Waals surface area contributed by atoms with Gasteiger partial charge in [-0.15, -0.1) is 0 Å². The number of carbonyl (C=O) groups is 1. The molecule has 0 N–H and O–H groups in total. The Labute approximate surface area is 129 Å². The SMILES string of the molecule is C=CC(=O)OC(C)(C)CC.C=Cc1ccc(C(C)C)cc1. The van der Waals surface area contributed by atoms with E-state index < -0.39 is 0 Å². The molecule has 2 heteroatoms. The summed E-state index contributed by atoms with van der Waals surface area (Å²) in [6, 6.07) is 8.51. The molecule has 0 aliphatic rings. The number of ether oxygens (including phenoxy) is 1. The Morgan fingerprint density at radius 2 is 1.76 bits per heavy atom. The van der Waals surface area contributed by atoms with Crippen LogP contribution < -0.4 is 0 Å². The molecule has 1 aromatic carbocycles. The number of hydrogen-bond acceptors (Lipinski definition) is 2. The first-order chi connectivity index (χ1) is 9.75. The molecule has 2 nitrogen and oxygen atoms in total. The Balaban J connectivity index is 0.000000384. The molecule has 0 amide bonds. The molecule has 0 fully saturated rings. The lowest BCUT2D eigenvalue weighted by molar-refractivity contribution is -0.150. The van der Waals surface area contributed by atoms with E-state index in [1.54, 1.807) is 0 Å². The molecule has 0 bridgehead atoms. The summed E-state index contributed by atoms with van der Waals surface area (Å²) >= 11 is 0. The largest absolute Gasteiger partial charge is 0.457 e. The lowest BCUT2D eigenvalue weighted by atomic mass is 10.0. The van der Waals surface area contributed by atoms with Gasteiger partial charge >= 0.3 is 5.97 Å². The van der Waals surface area contributed by atoms with Crippen LogP contribution in [0.4, 0.5) is 0 Å². The number of hydrogen-bond donors (Lipinski definition) is 0. The van der Waals surface area contributed by atoms with Crippen molar-refractivity contribution in [1.29, 1.82) is 0 Å². The van der Waals surface area contributed by atoms with E-state index >= 15 is 0 Å². The van der Waals surface area contributed by atoms with Crippen molar-refractivity contribution in [3.8, 4) is 0 Å². The van der Waals surface area contributed by atoms with Crippen LogP contribution in [0, 0.1) is 0 Å². The predicted molar refractivity (Wildman–Crippen MR) is 91.3 cm³/mol. The molecule has 1 rings (SSSR count). The summed E-state index contributed by atoms with van der Waals surface area (Å²) in [4.78, 5) is 10.6. The van der Waals surface area contributed by atoms with Gasteiger partial charge in [0, 0.05) is 6.08 Å². The Morgan fingerprint density at radius 3 is 2.10 bits per heavy atom. The number of benzene rings is 1. The second-order valence-electron chi connectivity index (χ2n) is 5.76. The minimum absolute atomic E-state index is 0.355. The predicted octanol–water partition coefficient (Wildman–Crippen LogP) is 5.36. The molecular weight excluding hydrogens is 260 g/mol. The fourth-order valence-electron chi connectivity index (χ4n) is 1.40. The summed E-state index contributed by atoms with van der Waals surface area (Å²) in [7, 11) is 0. The highest BCUT2D eigenvalue weighted by molar-refractivity contribution is 5.81. The highest BCUT2D eigenvalue weighted by Gasteiger charge is 2.18. The van der Waals surface area contributed by atoms with Gasteiger partial charge in [0.15, 0.2) is 0 Å². The zero-order valence-electron chi connectivity index (χ0n) is 14.0. The maximum atomic E-state index is 10.6. The number of rotatable bonds is 5. The van der Waals surface area contributed by atoms with E-state index in [-0.39, 0.29) is 11.6 Å². The van der Waals surface area contributed by atoms with Gasteiger partial charge in [-0.2, -0.15) is 0 Å². The molecule has 0 unspecified atom stereocenters. The van der Waals surface area contributed by atoms with Crippen molar-refractivity contribution in [1.82, 2.24) is 0 Å². The molecule has 21 heavy (non-hydrogen) atoms. The van der Waals surface area contributed by atoms with Crippen molar-refractivity contribution < 1.29 is 9.53 Å². The second-order valence-corrected chi connectivity index (χ2v) is 5.76. The average molecular weight is 288 g/mol. The van der Waals surface area contributed by atoms with Crippen LogP contribution in [0.5, 0.6) is 0 Å². The van der Waals surface area contributed by atoms with E-state index in [1.807, 2.05) is 26.8 Å². The smallest absolute Gasteiger partial charge is 0.330 e. The molecule has 0 radical (unpaired) electrons. The standard InChI is InChI=1S/C11H14.C8H14O2/c1-4-10-5-7-11(8-6-10)9(2)3;1-5-7(9)10-8(3,4)6-2/h4-9H,1H2,2-3H3;5H,1,6H2,2-4H3. The number of esters is 1. The molecule has 116 valence electrons. The summed E-state index contributed by atoms with van der Waals surface area (Å²) in [5.74, 6) is 0.265. The summed E-state index contributed by atoms with van der Waals surface area (Å²) < 4.78 is 4.98. The molecule has 0 atom stereocenters. The normalized spacial score (nSPS) is 10.4. The van der Waals surface area contributed by atoms with Crippen LogP contribution in [0.3, 0.4) is 0 Å². The van der Waals surface area contributed by atoms with Gasteiger partial charge in [0.1, 0.15) is 5.60 Å². The molecule has 0 aliphatic heterocycles. The fraction of sp³-hybridized carbons (Fsp3) is 0.421. The maximum Gasteiger partial charge on any atom is 0.330 e. The van der Waals surface area contributed by atoms with E-state index in [9.17, 15) is 4.79 Å². The molecule has 0 spiro atoms. The van der Waals surface area contributed by atoms with Crippen LogP contribution >= 0.6 is 0 Å². The second kappa shape index (κ2) is 9.17. The van der Waals surface area contributed by atoms with Gasteiger partial charge in [-0.25, -0.2) is 4.79 Å². The first-order valence-electron chi connectivity index (χ1n) is 7.33. The van der Waals surface area contributed by atoms with E-state index in [0.717, 1.165) is 6.42 Å². The van der Waals surface area contributed by atoms with Crippen LogP contribution in [0.25, 0.3) is 6.08 Å². The fourth-order valence-corrected chi connectivity index (χ4v) is 1.40. The Kier molecular flexibility index (Phi) is 8.37. The first kappa shape index (κ1) is 19.2. The van der Waals surface area contributed by atoms with Gasteiger partial charge in [-0.1, -0.05) is 64.3 Å². The third-order valence-corrected chi connectivity index (χ3v) is 3.23. The summed E-state index contributed by atoms with van der Waals surface area (Å²) in [5, 5.41) is 0. The van der Waals surface area contributed by atoms with Gasteiger partial charge in [0.25, 0.3) is 0 Å². The first-order valence-corrected chi connectivity index (χ1v) is 7.33. The monoisotopic (exact) mass is 288 g/mol. The Bertz CT molecular complexity index is 453. The van der Waals surface area contributed by atoms with Crippen molar-refractivity contribution >= 4 is 12.0 Å². The quantitative estimate of drug-likeness (QED) is 0.538. The van der Waals surface area contributed by atoms with Crippen LogP contribution in [-0.2, 0) is 9.53 Å². The topological polar surface area (TPSA) is 26.3 Å². The minimum Gasteiger partial charge on any atom is -0.457 e. The highest BCUT2D eigenvalue weighted by Crippen LogP contribution is 2.15. The van der Waals surface area contributed by atoms with Gasteiger partial charge < -0.3 is 4.74 Å². The van der Waals surface area contributed by atoms with Crippen LogP contribution in [-0.4, -0.2) is 11.6 Å². The van der Waals surface area contributed by atoms with Crippen molar-refractivity contribution in [2.24, 2.45) is 0 Å². The van der Waals surface area contributed by atoms with Crippen molar-refractivity contribution in [2.45, 2.75) is 52.6 Å². The van der Waals surface area contributed by atoms with E-state index in [2.05, 4.69) is 51.3 Å². The zero-order chi connectivity index (χ0) is 16.5. The van der Waals surface area contributed by atoms with E-state index in [0.29, 0.717) is 5.92 Å². The number of carbonyl (C=O) groups excluding carboxylic acids is 1. The third kappa shape index (κ3) is 8.13. The average Bonchev–Trinajstić information content (AvgIpc) is 2.47. The Morgan fingerprint density at radius 1 is 1.24 bits per heavy atom. The van der Waals surface area contributed by atoms with Gasteiger partial charge in [-0.05, 0) is 37.3 Å². The van der Waals surface area contributed by atoms with Gasteiger partial charge in [0.05, 0.1) is 0 Å². The van der Waals surface area contributed by atoms with Crippen molar-refractivity contribution in [3.63, 3.8) is 0 Å². The van der Waals surface area contributed by atoms with Crippen molar-refractivity contribution in [3.05, 3.63) is 54.6 Å². The van der Waals surface area contributed by atoms with Gasteiger partial charge in [0.2, 0.25) is 0 Å². The van der Waals surface area contributed by atoms with E-state index in [1.165, 1.54) is 17.2 Å². The van der Waals surface area contributed by atoms with Crippen molar-refractivity contribution in [2.75, 3.05) is 0 Å². The zero-order valence-corrected chi connectivity index (χ0v) is 14.0. The molecule has 1 aromatic rings. The van der Waals surface area contributed by atoms with Gasteiger partial charge in [-0.3, -0.25) is 0 Å². The molecule has 0 aliphatic carbocycles. The van der Waals surface area contributed by atoms with Crippen LogP contribution in [0.15, 0.2) is 43.5 Å². The lowest BCUT2D eigenvalue weighted by Gasteiger charge is -2.21. The highest BCUT2D eigenvalue weighted by atomic mass is 16.6. The molecule has 0 saturated heterocycles. The molecule has 0 aromatic heterocycles. The third-order valence-electron chi connectivity index (χ3n) is 3.23. The molecule has 0 heterocycles.